The van der Waals surface area contributed by atoms with E-state index in [1.165, 1.54) is 0 Å². The van der Waals surface area contributed by atoms with Crippen LogP contribution in [0.25, 0.3) is 0 Å². The number of carbonyl (C=O) groups excluding carboxylic acids is 1. The summed E-state index contributed by atoms with van der Waals surface area (Å²) < 4.78 is 43.2. The summed E-state index contributed by atoms with van der Waals surface area (Å²) in [6.07, 6.45) is -0.388. The number of sulfonamides is 1. The van der Waals surface area contributed by atoms with E-state index in [2.05, 4.69) is 10.2 Å². The Balaban J connectivity index is 1.55. The highest BCUT2D eigenvalue weighted by atomic mass is 32.2. The molecule has 2 atom stereocenters. The molecule has 10 nitrogen and oxygen atoms in total. The van der Waals surface area contributed by atoms with E-state index < -0.39 is 27.2 Å². The lowest BCUT2D eigenvalue weighted by atomic mass is 9.99. The van der Waals surface area contributed by atoms with E-state index in [1.807, 2.05) is 13.0 Å². The molecule has 4 rings (SSSR count). The molecule has 0 saturated heterocycles. The first kappa shape index (κ1) is 21.6. The van der Waals surface area contributed by atoms with Gasteiger partial charge in [0.25, 0.3) is 0 Å². The predicted molar refractivity (Wildman–Crippen MR) is 114 cm³/mol. The highest BCUT2D eigenvalue weighted by Crippen LogP contribution is 2.37. The van der Waals surface area contributed by atoms with E-state index in [9.17, 15) is 18.0 Å². The van der Waals surface area contributed by atoms with Gasteiger partial charge in [0.15, 0.2) is 0 Å². The maximum absolute atomic E-state index is 13.1. The van der Waals surface area contributed by atoms with Crippen molar-refractivity contribution in [1.82, 2.24) is 10.2 Å². The van der Waals surface area contributed by atoms with Gasteiger partial charge in [0.05, 0.1) is 12.2 Å². The van der Waals surface area contributed by atoms with Crippen LogP contribution in [-0.2, 0) is 27.8 Å². The van der Waals surface area contributed by atoms with E-state index >= 15 is 0 Å². The number of H-pyrrole nitrogens is 1. The van der Waals surface area contributed by atoms with Gasteiger partial charge < -0.3 is 13.9 Å². The quantitative estimate of drug-likeness (QED) is 0.556. The molecule has 0 radical (unpaired) electrons. The second-order valence-corrected chi connectivity index (χ2v) is 9.10. The molecule has 3 aromatic rings. The molecule has 0 bridgehead atoms. The zero-order chi connectivity index (χ0) is 22.7. The van der Waals surface area contributed by atoms with Crippen molar-refractivity contribution in [2.45, 2.75) is 26.1 Å². The van der Waals surface area contributed by atoms with Crippen LogP contribution in [0, 0.1) is 5.92 Å². The number of hydrogen-bond acceptors (Lipinski definition) is 8. The minimum absolute atomic E-state index is 0.115. The smallest absolute Gasteiger partial charge is 0.445 e. The number of nitrogens with zero attached hydrogens (tertiary/aromatic N) is 2. The van der Waals surface area contributed by atoms with Crippen molar-refractivity contribution in [3.63, 3.8) is 0 Å². The van der Waals surface area contributed by atoms with Crippen molar-refractivity contribution < 1.29 is 27.1 Å². The molecule has 32 heavy (non-hydrogen) atoms. The number of para-hydroxylation sites is 2. The average molecular weight is 459 g/mol. The van der Waals surface area contributed by atoms with Gasteiger partial charge in [0.1, 0.15) is 18.5 Å². The summed E-state index contributed by atoms with van der Waals surface area (Å²) in [6.45, 7) is 1.53. The Kier molecular flexibility index (Phi) is 5.99. The number of benzene rings is 2. The van der Waals surface area contributed by atoms with E-state index in [1.54, 1.807) is 48.5 Å². The van der Waals surface area contributed by atoms with Crippen LogP contribution in [0.3, 0.4) is 0 Å². The maximum atomic E-state index is 13.1. The number of rotatable bonds is 6. The summed E-state index contributed by atoms with van der Waals surface area (Å²) >= 11 is 0. The Hall–Kier alpha value is -3.60. The Labute approximate surface area is 183 Å². The van der Waals surface area contributed by atoms with Gasteiger partial charge in [-0.25, -0.2) is 14.7 Å². The molecule has 11 heteroatoms. The number of nitrogens with one attached hydrogen (secondary N) is 1. The van der Waals surface area contributed by atoms with Gasteiger partial charge in [0, 0.05) is 12.3 Å². The number of ether oxygens (including phenoxy) is 2. The number of fused-ring (bicyclic) bond motifs is 1. The minimum atomic E-state index is -4.48. The van der Waals surface area contributed by atoms with Gasteiger partial charge in [-0.05, 0) is 17.7 Å². The third kappa shape index (κ3) is 4.52. The van der Waals surface area contributed by atoms with Crippen molar-refractivity contribution in [2.75, 3.05) is 10.8 Å². The van der Waals surface area contributed by atoms with Crippen molar-refractivity contribution in [1.29, 1.82) is 0 Å². The van der Waals surface area contributed by atoms with Crippen molar-refractivity contribution in [3.8, 4) is 5.75 Å². The van der Waals surface area contributed by atoms with Gasteiger partial charge in [-0.2, -0.15) is 8.42 Å². The van der Waals surface area contributed by atoms with Crippen LogP contribution >= 0.6 is 0 Å². The second kappa shape index (κ2) is 8.87. The molecule has 0 amide bonds. The van der Waals surface area contributed by atoms with Crippen LogP contribution < -0.4 is 14.8 Å². The number of hydrogen-bond donors (Lipinski definition) is 1. The number of aromatic nitrogens is 2. The first-order valence-corrected chi connectivity index (χ1v) is 11.3. The van der Waals surface area contributed by atoms with Crippen LogP contribution in [0.1, 0.15) is 18.4 Å². The number of carbonyl (C=O) groups is 1. The molecule has 168 valence electrons. The van der Waals surface area contributed by atoms with Gasteiger partial charge in [-0.15, -0.1) is 5.10 Å². The van der Waals surface area contributed by atoms with Gasteiger partial charge >= 0.3 is 21.1 Å². The first-order chi connectivity index (χ1) is 15.3. The monoisotopic (exact) mass is 459 g/mol. The zero-order valence-corrected chi connectivity index (χ0v) is 17.9. The summed E-state index contributed by atoms with van der Waals surface area (Å²) in [4.78, 5) is 23.7. The molecular formula is C21H21N3O7S. The molecule has 0 fully saturated rings. The molecule has 0 saturated carbocycles. The molecule has 1 aliphatic heterocycles. The fourth-order valence-corrected chi connectivity index (χ4v) is 4.53. The van der Waals surface area contributed by atoms with Crippen LogP contribution in [0.15, 0.2) is 63.8 Å². The zero-order valence-electron chi connectivity index (χ0n) is 17.1. The highest BCUT2D eigenvalue weighted by molar-refractivity contribution is 8.06. The van der Waals surface area contributed by atoms with Gasteiger partial charge in [0.2, 0.25) is 5.89 Å². The molecule has 0 aliphatic carbocycles. The summed E-state index contributed by atoms with van der Waals surface area (Å²) in [6, 6.07) is 15.4. The van der Waals surface area contributed by atoms with Crippen molar-refractivity contribution in [3.05, 3.63) is 76.6 Å². The molecule has 1 N–H and O–H groups in total. The summed E-state index contributed by atoms with van der Waals surface area (Å²) in [5, 5.41) is 4.62. The second-order valence-electron chi connectivity index (χ2n) is 7.37. The van der Waals surface area contributed by atoms with Crippen LogP contribution in [0.4, 0.5) is 10.5 Å². The summed E-state index contributed by atoms with van der Waals surface area (Å²) in [7, 11) is -4.48. The Morgan fingerprint density at radius 2 is 1.94 bits per heavy atom. The SMILES string of the molecule is C[C@H](Cc1n[nH]c(=O)o1)[C@H]1CN(S(=O)(=O)C(=O)OCc2ccccc2)c2ccccc2O1. The lowest BCUT2D eigenvalue weighted by Crippen LogP contribution is -2.48. The average Bonchev–Trinajstić information content (AvgIpc) is 3.21. The van der Waals surface area contributed by atoms with E-state index in [0.29, 0.717) is 11.3 Å². The van der Waals surface area contributed by atoms with E-state index in [4.69, 9.17) is 13.9 Å². The third-order valence-corrected chi connectivity index (χ3v) is 6.54. The topological polar surface area (TPSA) is 132 Å². The van der Waals surface area contributed by atoms with Crippen LogP contribution in [0.2, 0.25) is 0 Å². The maximum Gasteiger partial charge on any atom is 0.445 e. The Bertz CT molecular complexity index is 1250. The van der Waals surface area contributed by atoms with Gasteiger partial charge in [-0.3, -0.25) is 4.31 Å². The molecule has 2 heterocycles. The standard InChI is InChI=1S/C21H21N3O7S/c1-14(11-19-22-23-20(25)31-19)18-12-24(16-9-5-6-10-17(16)30-18)32(27,28)21(26)29-13-15-7-3-2-4-8-15/h2-10,14,18H,11-13H2,1H3,(H,23,25)/t14-,18-/m1/s1. The van der Waals surface area contributed by atoms with Crippen LogP contribution in [0.5, 0.6) is 5.75 Å². The van der Waals surface area contributed by atoms with Crippen molar-refractivity contribution in [2.24, 2.45) is 5.92 Å². The van der Waals surface area contributed by atoms with Gasteiger partial charge in [-0.1, -0.05) is 49.4 Å². The largest absolute Gasteiger partial charge is 0.486 e. The number of anilines is 1. The first-order valence-electron chi connectivity index (χ1n) is 9.88. The molecular weight excluding hydrogens is 438 g/mol. The normalized spacial score (nSPS) is 16.7. The Morgan fingerprint density at radius 3 is 2.66 bits per heavy atom. The molecule has 0 spiro atoms. The Morgan fingerprint density at radius 1 is 1.22 bits per heavy atom. The fraction of sp³-hybridized carbons (Fsp3) is 0.286. The third-order valence-electron chi connectivity index (χ3n) is 5.07. The highest BCUT2D eigenvalue weighted by Gasteiger charge is 2.40. The minimum Gasteiger partial charge on any atom is -0.486 e. The van der Waals surface area contributed by atoms with E-state index in [-0.39, 0.29) is 37.1 Å². The lowest BCUT2D eigenvalue weighted by Gasteiger charge is -2.36. The lowest BCUT2D eigenvalue weighted by molar-refractivity contribution is 0.137. The summed E-state index contributed by atoms with van der Waals surface area (Å²) in [5.41, 5.74) is 0.921. The predicted octanol–water partition coefficient (Wildman–Crippen LogP) is 2.48. The van der Waals surface area contributed by atoms with Crippen LogP contribution in [-0.4, -0.2) is 36.6 Å². The molecule has 2 aromatic carbocycles. The summed E-state index contributed by atoms with van der Waals surface area (Å²) in [5.74, 6) is -0.458. The number of aromatic amines is 1. The molecule has 1 aliphatic rings. The van der Waals surface area contributed by atoms with E-state index in [0.717, 1.165) is 4.31 Å². The van der Waals surface area contributed by atoms with Crippen molar-refractivity contribution >= 4 is 21.0 Å². The molecule has 1 aromatic heterocycles. The molecule has 0 unspecified atom stereocenters. The fourth-order valence-electron chi connectivity index (χ4n) is 3.38.